The Hall–Kier alpha value is -2.20. The highest BCUT2D eigenvalue weighted by atomic mass is 35.5. The highest BCUT2D eigenvalue weighted by molar-refractivity contribution is 6.32. The van der Waals surface area contributed by atoms with Crippen molar-refractivity contribution in [3.8, 4) is 11.5 Å². The van der Waals surface area contributed by atoms with Crippen LogP contribution in [0.3, 0.4) is 0 Å². The lowest BCUT2D eigenvalue weighted by molar-refractivity contribution is -0.127. The summed E-state index contributed by atoms with van der Waals surface area (Å²) in [5, 5.41) is 3.37. The number of hydrogen-bond donors (Lipinski definition) is 1. The van der Waals surface area contributed by atoms with Crippen molar-refractivity contribution < 1.29 is 14.3 Å². The van der Waals surface area contributed by atoms with Crippen molar-refractivity contribution in [3.05, 3.63) is 58.6 Å². The van der Waals surface area contributed by atoms with Crippen LogP contribution >= 0.6 is 11.6 Å². The first-order chi connectivity index (χ1) is 11.9. The molecule has 0 aliphatic carbocycles. The molecule has 2 aromatic rings. The topological polar surface area (TPSA) is 47.6 Å². The van der Waals surface area contributed by atoms with Gasteiger partial charge < -0.3 is 14.8 Å². The van der Waals surface area contributed by atoms with Gasteiger partial charge in [-0.3, -0.25) is 4.79 Å². The summed E-state index contributed by atoms with van der Waals surface area (Å²) >= 11 is 6.11. The van der Waals surface area contributed by atoms with E-state index in [1.165, 1.54) is 0 Å². The van der Waals surface area contributed by atoms with Gasteiger partial charge in [0.2, 0.25) is 0 Å². The van der Waals surface area contributed by atoms with Crippen molar-refractivity contribution in [1.29, 1.82) is 0 Å². The normalized spacial score (nSPS) is 11.9. The highest BCUT2D eigenvalue weighted by Crippen LogP contribution is 2.26. The van der Waals surface area contributed by atoms with Gasteiger partial charge in [-0.2, -0.15) is 0 Å². The Labute approximate surface area is 154 Å². The van der Waals surface area contributed by atoms with Crippen LogP contribution in [0.4, 0.5) is 0 Å². The molecule has 0 saturated carbocycles. The molecule has 0 fully saturated rings. The van der Waals surface area contributed by atoms with E-state index in [0.29, 0.717) is 17.3 Å². The minimum Gasteiger partial charge on any atom is -0.491 e. The molecule has 0 aromatic heterocycles. The van der Waals surface area contributed by atoms with Crippen molar-refractivity contribution >= 4 is 17.5 Å². The number of benzene rings is 2. The highest BCUT2D eigenvalue weighted by Gasteiger charge is 2.16. The van der Waals surface area contributed by atoms with Crippen LogP contribution in [-0.4, -0.2) is 18.1 Å². The maximum absolute atomic E-state index is 12.3. The molecule has 2 rings (SSSR count). The van der Waals surface area contributed by atoms with Gasteiger partial charge >= 0.3 is 0 Å². The predicted octanol–water partition coefficient (Wildman–Crippen LogP) is 4.52. The second-order valence-electron chi connectivity index (χ2n) is 6.19. The maximum Gasteiger partial charge on any atom is 0.261 e. The Morgan fingerprint density at radius 1 is 1.08 bits per heavy atom. The Morgan fingerprint density at radius 3 is 2.52 bits per heavy atom. The van der Waals surface area contributed by atoms with Crippen LogP contribution in [0.25, 0.3) is 0 Å². The van der Waals surface area contributed by atoms with E-state index in [2.05, 4.69) is 5.32 Å². The molecule has 0 spiro atoms. The first-order valence-corrected chi connectivity index (χ1v) is 8.69. The van der Waals surface area contributed by atoms with Crippen LogP contribution in [-0.2, 0) is 11.3 Å². The Balaban J connectivity index is 1.97. The minimum absolute atomic E-state index is 0.0718. The molecule has 1 unspecified atom stereocenters. The fourth-order valence-corrected chi connectivity index (χ4v) is 2.45. The summed E-state index contributed by atoms with van der Waals surface area (Å²) < 4.78 is 11.5. The van der Waals surface area contributed by atoms with E-state index in [0.717, 1.165) is 16.9 Å². The summed E-state index contributed by atoms with van der Waals surface area (Å²) in [6.07, 6.45) is -0.583. The monoisotopic (exact) mass is 361 g/mol. The largest absolute Gasteiger partial charge is 0.491 e. The van der Waals surface area contributed by atoms with Gasteiger partial charge in [-0.25, -0.2) is 0 Å². The van der Waals surface area contributed by atoms with E-state index in [1.807, 2.05) is 57.2 Å². The zero-order chi connectivity index (χ0) is 18.4. The van der Waals surface area contributed by atoms with E-state index in [-0.39, 0.29) is 12.0 Å². The number of amides is 1. The van der Waals surface area contributed by atoms with E-state index in [9.17, 15) is 4.79 Å². The summed E-state index contributed by atoms with van der Waals surface area (Å²) in [6, 6.07) is 13.1. The van der Waals surface area contributed by atoms with Crippen LogP contribution in [0.1, 0.15) is 31.9 Å². The standard InChI is InChI=1S/C20H24ClNO3/c1-13(2)24-18-8-6-5-7-16(18)12-22-20(23)15(4)25-19-11-14(3)9-10-17(19)21/h5-11,13,15H,12H2,1-4H3,(H,22,23). The van der Waals surface area contributed by atoms with Crippen molar-refractivity contribution in [1.82, 2.24) is 5.32 Å². The van der Waals surface area contributed by atoms with Crippen LogP contribution in [0, 0.1) is 6.92 Å². The van der Waals surface area contributed by atoms with Crippen molar-refractivity contribution in [3.63, 3.8) is 0 Å². The average molecular weight is 362 g/mol. The molecule has 0 radical (unpaired) electrons. The molecule has 0 heterocycles. The van der Waals surface area contributed by atoms with Crippen LogP contribution < -0.4 is 14.8 Å². The molecule has 1 atom stereocenters. The summed E-state index contributed by atoms with van der Waals surface area (Å²) in [5.74, 6) is 1.07. The molecule has 1 amide bonds. The third-order valence-corrected chi connectivity index (χ3v) is 3.86. The van der Waals surface area contributed by atoms with Crippen molar-refractivity contribution in [2.24, 2.45) is 0 Å². The molecule has 0 saturated heterocycles. The number of rotatable bonds is 7. The van der Waals surface area contributed by atoms with Gasteiger partial charge in [0.1, 0.15) is 11.5 Å². The number of para-hydroxylation sites is 1. The first kappa shape index (κ1) is 19.1. The summed E-state index contributed by atoms with van der Waals surface area (Å²) in [7, 11) is 0. The number of hydrogen-bond acceptors (Lipinski definition) is 3. The van der Waals surface area contributed by atoms with Gasteiger partial charge in [-0.15, -0.1) is 0 Å². The summed E-state index contributed by atoms with van der Waals surface area (Å²) in [5.41, 5.74) is 1.94. The number of nitrogens with one attached hydrogen (secondary N) is 1. The lowest BCUT2D eigenvalue weighted by Gasteiger charge is -2.18. The van der Waals surface area contributed by atoms with Gasteiger partial charge in [0, 0.05) is 12.1 Å². The Bertz CT molecular complexity index is 731. The second-order valence-corrected chi connectivity index (χ2v) is 6.59. The summed E-state index contributed by atoms with van der Waals surface area (Å²) in [6.45, 7) is 7.95. The second kappa shape index (κ2) is 8.77. The average Bonchev–Trinajstić information content (AvgIpc) is 2.56. The fourth-order valence-electron chi connectivity index (χ4n) is 2.29. The number of aryl methyl sites for hydroxylation is 1. The van der Waals surface area contributed by atoms with Gasteiger partial charge in [-0.05, 0) is 51.5 Å². The third-order valence-electron chi connectivity index (χ3n) is 3.55. The smallest absolute Gasteiger partial charge is 0.261 e. The maximum atomic E-state index is 12.3. The van der Waals surface area contributed by atoms with Crippen molar-refractivity contribution in [2.45, 2.75) is 46.4 Å². The summed E-state index contributed by atoms with van der Waals surface area (Å²) in [4.78, 5) is 12.3. The number of carbonyl (C=O) groups excluding carboxylic acids is 1. The van der Waals surface area contributed by atoms with E-state index >= 15 is 0 Å². The Morgan fingerprint density at radius 2 is 1.80 bits per heavy atom. The number of carbonyl (C=O) groups is 1. The molecule has 0 aliphatic rings. The van der Waals surface area contributed by atoms with Gasteiger partial charge in [0.05, 0.1) is 11.1 Å². The predicted molar refractivity (Wildman–Crippen MR) is 100 cm³/mol. The zero-order valence-electron chi connectivity index (χ0n) is 15.0. The van der Waals surface area contributed by atoms with Crippen LogP contribution in [0.15, 0.2) is 42.5 Å². The molecule has 5 heteroatoms. The van der Waals surface area contributed by atoms with Gasteiger partial charge in [0.15, 0.2) is 6.10 Å². The van der Waals surface area contributed by atoms with Crippen molar-refractivity contribution in [2.75, 3.05) is 0 Å². The fraction of sp³-hybridized carbons (Fsp3) is 0.350. The third kappa shape index (κ3) is 5.68. The molecular weight excluding hydrogens is 338 g/mol. The molecular formula is C20H24ClNO3. The van der Waals surface area contributed by atoms with Gasteiger partial charge in [0.25, 0.3) is 5.91 Å². The number of halogens is 1. The first-order valence-electron chi connectivity index (χ1n) is 8.32. The van der Waals surface area contributed by atoms with Crippen LogP contribution in [0.5, 0.6) is 11.5 Å². The Kier molecular flexibility index (Phi) is 6.71. The number of ether oxygens (including phenoxy) is 2. The molecule has 134 valence electrons. The molecule has 4 nitrogen and oxygen atoms in total. The molecule has 2 aromatic carbocycles. The van der Waals surface area contributed by atoms with Crippen LogP contribution in [0.2, 0.25) is 5.02 Å². The molecule has 1 N–H and O–H groups in total. The van der Waals surface area contributed by atoms with Gasteiger partial charge in [-0.1, -0.05) is 35.9 Å². The molecule has 0 bridgehead atoms. The van der Waals surface area contributed by atoms with E-state index in [1.54, 1.807) is 13.0 Å². The minimum atomic E-state index is -0.655. The van der Waals surface area contributed by atoms with E-state index < -0.39 is 6.10 Å². The molecule has 0 aliphatic heterocycles. The quantitative estimate of drug-likeness (QED) is 0.788. The molecule has 25 heavy (non-hydrogen) atoms. The zero-order valence-corrected chi connectivity index (χ0v) is 15.8. The van der Waals surface area contributed by atoms with E-state index in [4.69, 9.17) is 21.1 Å². The lowest BCUT2D eigenvalue weighted by atomic mass is 10.2. The lowest BCUT2D eigenvalue weighted by Crippen LogP contribution is -2.36. The SMILES string of the molecule is Cc1ccc(Cl)c(OC(C)C(=O)NCc2ccccc2OC(C)C)c1.